The Kier molecular flexibility index (Phi) is 5.93. The largest absolute Gasteiger partial charge is 0.355 e. The summed E-state index contributed by atoms with van der Waals surface area (Å²) in [4.78, 5) is 22.8. The van der Waals surface area contributed by atoms with Gasteiger partial charge in [0.25, 0.3) is 0 Å². The Morgan fingerprint density at radius 3 is 2.13 bits per heavy atom. The summed E-state index contributed by atoms with van der Waals surface area (Å²) in [6, 6.07) is -1.11. The third-order valence-corrected chi connectivity index (χ3v) is 2.12. The molecule has 0 heterocycles. The van der Waals surface area contributed by atoms with Gasteiger partial charge in [0.2, 0.25) is 11.8 Å². The molecule has 5 heteroatoms. The molecule has 0 bridgehead atoms. The SMILES string of the molecule is CCNC(=O)[C@H](C)NC(=O)[C@@H](N)C(C)C. The van der Waals surface area contributed by atoms with Gasteiger partial charge in [0.15, 0.2) is 0 Å². The monoisotopic (exact) mass is 215 g/mol. The number of hydrogen-bond donors (Lipinski definition) is 3. The van der Waals surface area contributed by atoms with Crippen molar-refractivity contribution in [2.75, 3.05) is 6.54 Å². The zero-order valence-corrected chi connectivity index (χ0v) is 9.83. The van der Waals surface area contributed by atoms with Gasteiger partial charge in [0.1, 0.15) is 6.04 Å². The molecule has 15 heavy (non-hydrogen) atoms. The lowest BCUT2D eigenvalue weighted by Gasteiger charge is -2.19. The minimum Gasteiger partial charge on any atom is -0.355 e. The van der Waals surface area contributed by atoms with E-state index >= 15 is 0 Å². The molecule has 88 valence electrons. The topological polar surface area (TPSA) is 84.2 Å². The van der Waals surface area contributed by atoms with Gasteiger partial charge in [-0.05, 0) is 19.8 Å². The summed E-state index contributed by atoms with van der Waals surface area (Å²) in [5.74, 6) is -0.419. The van der Waals surface area contributed by atoms with Crippen molar-refractivity contribution in [1.29, 1.82) is 0 Å². The average Bonchev–Trinajstić information content (AvgIpc) is 2.16. The summed E-state index contributed by atoms with van der Waals surface area (Å²) in [5, 5.41) is 5.19. The molecule has 0 saturated heterocycles. The van der Waals surface area contributed by atoms with Crippen molar-refractivity contribution < 1.29 is 9.59 Å². The fraction of sp³-hybridized carbons (Fsp3) is 0.800. The van der Waals surface area contributed by atoms with Gasteiger partial charge in [-0.2, -0.15) is 0 Å². The third-order valence-electron chi connectivity index (χ3n) is 2.12. The number of rotatable bonds is 5. The van der Waals surface area contributed by atoms with Crippen LogP contribution in [0.4, 0.5) is 0 Å². The Bertz CT molecular complexity index is 229. The lowest BCUT2D eigenvalue weighted by Crippen LogP contribution is -2.51. The van der Waals surface area contributed by atoms with Crippen LogP contribution in [0.1, 0.15) is 27.7 Å². The highest BCUT2D eigenvalue weighted by Gasteiger charge is 2.21. The van der Waals surface area contributed by atoms with Crippen LogP contribution in [0.3, 0.4) is 0 Å². The van der Waals surface area contributed by atoms with Crippen LogP contribution >= 0.6 is 0 Å². The molecule has 0 fully saturated rings. The van der Waals surface area contributed by atoms with E-state index in [0.29, 0.717) is 6.54 Å². The Hall–Kier alpha value is -1.10. The number of amides is 2. The van der Waals surface area contributed by atoms with Gasteiger partial charge in [0.05, 0.1) is 6.04 Å². The zero-order valence-electron chi connectivity index (χ0n) is 9.83. The minimum atomic E-state index is -0.568. The highest BCUT2D eigenvalue weighted by molar-refractivity contribution is 5.89. The molecule has 5 nitrogen and oxygen atoms in total. The first-order chi connectivity index (χ1) is 6.90. The van der Waals surface area contributed by atoms with Crippen LogP contribution in [0.5, 0.6) is 0 Å². The van der Waals surface area contributed by atoms with Crippen molar-refractivity contribution in [1.82, 2.24) is 10.6 Å². The quantitative estimate of drug-likeness (QED) is 0.584. The molecular weight excluding hydrogens is 194 g/mol. The van der Waals surface area contributed by atoms with E-state index in [1.165, 1.54) is 0 Å². The number of carbonyl (C=O) groups excluding carboxylic acids is 2. The molecule has 0 saturated carbocycles. The van der Waals surface area contributed by atoms with Crippen LogP contribution < -0.4 is 16.4 Å². The number of nitrogens with two attached hydrogens (primary N) is 1. The minimum absolute atomic E-state index is 0.0615. The summed E-state index contributed by atoms with van der Waals surface area (Å²) < 4.78 is 0. The molecule has 0 radical (unpaired) electrons. The summed E-state index contributed by atoms with van der Waals surface area (Å²) in [5.41, 5.74) is 5.64. The van der Waals surface area contributed by atoms with Gasteiger partial charge in [0, 0.05) is 6.54 Å². The third kappa shape index (κ3) is 4.78. The number of carbonyl (C=O) groups is 2. The molecule has 0 aliphatic heterocycles. The Morgan fingerprint density at radius 1 is 1.20 bits per heavy atom. The van der Waals surface area contributed by atoms with E-state index < -0.39 is 12.1 Å². The lowest BCUT2D eigenvalue weighted by molar-refractivity contribution is -0.129. The molecule has 4 N–H and O–H groups in total. The Labute approximate surface area is 90.8 Å². The predicted octanol–water partition coefficient (Wildman–Crippen LogP) is -0.389. The van der Waals surface area contributed by atoms with Crippen molar-refractivity contribution in [2.45, 2.75) is 39.8 Å². The molecule has 0 aliphatic carbocycles. The highest BCUT2D eigenvalue weighted by Crippen LogP contribution is 1.98. The fourth-order valence-electron chi connectivity index (χ4n) is 1.01. The van der Waals surface area contributed by atoms with Crippen LogP contribution in [0, 0.1) is 5.92 Å². The maximum Gasteiger partial charge on any atom is 0.242 e. The highest BCUT2D eigenvalue weighted by atomic mass is 16.2. The second-order valence-corrected chi connectivity index (χ2v) is 3.89. The van der Waals surface area contributed by atoms with Gasteiger partial charge in [-0.25, -0.2) is 0 Å². The van der Waals surface area contributed by atoms with E-state index in [1.807, 2.05) is 20.8 Å². The predicted molar refractivity (Wildman–Crippen MR) is 59.1 cm³/mol. The maximum absolute atomic E-state index is 11.5. The van der Waals surface area contributed by atoms with Crippen LogP contribution in [-0.4, -0.2) is 30.4 Å². The van der Waals surface area contributed by atoms with Crippen molar-refractivity contribution >= 4 is 11.8 Å². The smallest absolute Gasteiger partial charge is 0.242 e. The van der Waals surface area contributed by atoms with E-state index in [9.17, 15) is 9.59 Å². The van der Waals surface area contributed by atoms with Crippen molar-refractivity contribution in [2.24, 2.45) is 11.7 Å². The normalized spacial score (nSPS) is 14.5. The van der Waals surface area contributed by atoms with Gasteiger partial charge in [-0.15, -0.1) is 0 Å². The number of hydrogen-bond acceptors (Lipinski definition) is 3. The Balaban J connectivity index is 4.12. The molecule has 0 unspecified atom stereocenters. The van der Waals surface area contributed by atoms with E-state index in [1.54, 1.807) is 6.92 Å². The molecule has 2 amide bonds. The molecule has 0 aromatic carbocycles. The molecule has 0 spiro atoms. The lowest BCUT2D eigenvalue weighted by atomic mass is 10.0. The summed E-state index contributed by atoms with van der Waals surface area (Å²) >= 11 is 0. The standard InChI is InChI=1S/C10H21N3O2/c1-5-12-9(14)7(4)13-10(15)8(11)6(2)3/h6-8H,5,11H2,1-4H3,(H,12,14)(H,13,15)/t7-,8-/m0/s1. The van der Waals surface area contributed by atoms with Gasteiger partial charge < -0.3 is 16.4 Å². The molecular formula is C10H21N3O2. The summed E-state index contributed by atoms with van der Waals surface area (Å²) in [7, 11) is 0. The zero-order chi connectivity index (χ0) is 12.0. The van der Waals surface area contributed by atoms with Crippen molar-refractivity contribution in [3.05, 3.63) is 0 Å². The summed E-state index contributed by atoms with van der Waals surface area (Å²) in [6.45, 7) is 7.74. The second kappa shape index (κ2) is 6.40. The van der Waals surface area contributed by atoms with Crippen LogP contribution in [-0.2, 0) is 9.59 Å². The summed E-state index contributed by atoms with van der Waals surface area (Å²) in [6.07, 6.45) is 0. The van der Waals surface area contributed by atoms with Crippen LogP contribution in [0.25, 0.3) is 0 Å². The first-order valence-electron chi connectivity index (χ1n) is 5.23. The molecule has 2 atom stereocenters. The van der Waals surface area contributed by atoms with Crippen molar-refractivity contribution in [3.8, 4) is 0 Å². The van der Waals surface area contributed by atoms with Gasteiger partial charge in [-0.1, -0.05) is 13.8 Å². The van der Waals surface area contributed by atoms with E-state index in [-0.39, 0.29) is 17.7 Å². The fourth-order valence-corrected chi connectivity index (χ4v) is 1.01. The maximum atomic E-state index is 11.5. The molecule has 0 rings (SSSR count). The van der Waals surface area contributed by atoms with Gasteiger partial charge >= 0.3 is 0 Å². The van der Waals surface area contributed by atoms with Gasteiger partial charge in [-0.3, -0.25) is 9.59 Å². The van der Waals surface area contributed by atoms with Crippen LogP contribution in [0.2, 0.25) is 0 Å². The Morgan fingerprint density at radius 2 is 1.73 bits per heavy atom. The van der Waals surface area contributed by atoms with E-state index in [0.717, 1.165) is 0 Å². The van der Waals surface area contributed by atoms with Crippen LogP contribution in [0.15, 0.2) is 0 Å². The van der Waals surface area contributed by atoms with Crippen molar-refractivity contribution in [3.63, 3.8) is 0 Å². The van der Waals surface area contributed by atoms with E-state index in [4.69, 9.17) is 5.73 Å². The second-order valence-electron chi connectivity index (χ2n) is 3.89. The average molecular weight is 215 g/mol. The molecule has 0 aliphatic rings. The molecule has 0 aromatic heterocycles. The first-order valence-corrected chi connectivity index (χ1v) is 5.23. The number of likely N-dealkylation sites (N-methyl/N-ethyl adjacent to an activating group) is 1. The van der Waals surface area contributed by atoms with E-state index in [2.05, 4.69) is 10.6 Å². The molecule has 0 aromatic rings. The first kappa shape index (κ1) is 13.9. The number of nitrogens with one attached hydrogen (secondary N) is 2.